The van der Waals surface area contributed by atoms with Gasteiger partial charge in [-0.3, -0.25) is 9.59 Å². The molecule has 0 aromatic heterocycles. The lowest BCUT2D eigenvalue weighted by Crippen LogP contribution is -2.44. The van der Waals surface area contributed by atoms with Crippen molar-refractivity contribution in [3.05, 3.63) is 35.9 Å². The zero-order valence-electron chi connectivity index (χ0n) is 12.6. The van der Waals surface area contributed by atoms with E-state index in [1.54, 1.807) is 0 Å². The lowest BCUT2D eigenvalue weighted by Gasteiger charge is -2.21. The molecule has 0 aliphatic carbocycles. The lowest BCUT2D eigenvalue weighted by atomic mass is 10.0. The Morgan fingerprint density at radius 2 is 1.81 bits per heavy atom. The molecule has 21 heavy (non-hydrogen) atoms. The van der Waals surface area contributed by atoms with Gasteiger partial charge >= 0.3 is 0 Å². The van der Waals surface area contributed by atoms with E-state index in [-0.39, 0.29) is 43.3 Å². The minimum atomic E-state index is -0.233. The molecule has 116 valence electrons. The van der Waals surface area contributed by atoms with E-state index >= 15 is 0 Å². The fourth-order valence-corrected chi connectivity index (χ4v) is 1.99. The Morgan fingerprint density at radius 1 is 1.14 bits per heavy atom. The van der Waals surface area contributed by atoms with Crippen molar-refractivity contribution in [3.63, 3.8) is 0 Å². The smallest absolute Gasteiger partial charge is 0.239 e. The highest BCUT2D eigenvalue weighted by molar-refractivity contribution is 5.85. The van der Waals surface area contributed by atoms with Crippen molar-refractivity contribution < 1.29 is 14.7 Å². The van der Waals surface area contributed by atoms with Gasteiger partial charge < -0.3 is 15.7 Å². The van der Waals surface area contributed by atoms with Gasteiger partial charge in [-0.05, 0) is 17.9 Å². The predicted molar refractivity (Wildman–Crippen MR) is 81.6 cm³/mol. The second-order valence-electron chi connectivity index (χ2n) is 5.37. The van der Waals surface area contributed by atoms with Crippen molar-refractivity contribution in [1.82, 2.24) is 10.6 Å². The van der Waals surface area contributed by atoms with Crippen LogP contribution in [0.2, 0.25) is 0 Å². The number of rotatable bonds is 8. The van der Waals surface area contributed by atoms with E-state index in [0.29, 0.717) is 6.42 Å². The van der Waals surface area contributed by atoms with E-state index < -0.39 is 0 Å². The highest BCUT2D eigenvalue weighted by Gasteiger charge is 2.15. The van der Waals surface area contributed by atoms with Crippen LogP contribution in [0.3, 0.4) is 0 Å². The molecule has 1 aromatic carbocycles. The van der Waals surface area contributed by atoms with Crippen molar-refractivity contribution in [2.24, 2.45) is 5.92 Å². The van der Waals surface area contributed by atoms with Crippen LogP contribution >= 0.6 is 0 Å². The first kappa shape index (κ1) is 17.2. The molecule has 0 spiro atoms. The van der Waals surface area contributed by atoms with Gasteiger partial charge in [0.2, 0.25) is 11.8 Å². The zero-order chi connectivity index (χ0) is 15.7. The van der Waals surface area contributed by atoms with Crippen LogP contribution in [0, 0.1) is 5.92 Å². The van der Waals surface area contributed by atoms with Crippen LogP contribution in [0.15, 0.2) is 30.3 Å². The molecule has 0 fully saturated rings. The fraction of sp³-hybridized carbons (Fsp3) is 0.500. The summed E-state index contributed by atoms with van der Waals surface area (Å²) >= 11 is 0. The standard InChI is InChI=1S/C16H24N2O3/c1-12(2)14(8-9-19)18-16(21)11-17-15(20)10-13-6-4-3-5-7-13/h3-7,12,14,19H,8-11H2,1-2H3,(H,17,20)(H,18,21). The Kier molecular flexibility index (Phi) is 7.46. The Labute approximate surface area is 125 Å². The minimum Gasteiger partial charge on any atom is -0.396 e. The number of aliphatic hydroxyl groups is 1. The molecule has 1 unspecified atom stereocenters. The molecule has 1 rings (SSSR count). The summed E-state index contributed by atoms with van der Waals surface area (Å²) in [4.78, 5) is 23.5. The summed E-state index contributed by atoms with van der Waals surface area (Å²) in [6.07, 6.45) is 0.778. The average Bonchev–Trinajstić information content (AvgIpc) is 2.45. The van der Waals surface area contributed by atoms with Crippen LogP contribution in [0.25, 0.3) is 0 Å². The molecule has 0 bridgehead atoms. The maximum Gasteiger partial charge on any atom is 0.239 e. The number of benzene rings is 1. The first-order valence-electron chi connectivity index (χ1n) is 7.23. The van der Waals surface area contributed by atoms with Gasteiger partial charge in [0.05, 0.1) is 13.0 Å². The Morgan fingerprint density at radius 3 is 2.38 bits per heavy atom. The third kappa shape index (κ3) is 6.90. The molecule has 3 N–H and O–H groups in total. The Balaban J connectivity index is 2.33. The second-order valence-corrected chi connectivity index (χ2v) is 5.37. The SMILES string of the molecule is CC(C)C(CCO)NC(=O)CNC(=O)Cc1ccccc1. The van der Waals surface area contributed by atoms with Crippen LogP contribution < -0.4 is 10.6 Å². The van der Waals surface area contributed by atoms with Gasteiger partial charge in [0.1, 0.15) is 0 Å². The summed E-state index contributed by atoms with van der Waals surface area (Å²) in [5.74, 6) is -0.177. The highest BCUT2D eigenvalue weighted by Crippen LogP contribution is 2.05. The summed E-state index contributed by atoms with van der Waals surface area (Å²) in [6.45, 7) is 3.95. The summed E-state index contributed by atoms with van der Waals surface area (Å²) < 4.78 is 0. The molecule has 2 amide bonds. The highest BCUT2D eigenvalue weighted by atomic mass is 16.3. The maximum atomic E-state index is 11.8. The van der Waals surface area contributed by atoms with Crippen molar-refractivity contribution in [2.45, 2.75) is 32.7 Å². The molecule has 0 aliphatic heterocycles. The molecule has 1 aromatic rings. The topological polar surface area (TPSA) is 78.4 Å². The largest absolute Gasteiger partial charge is 0.396 e. The zero-order valence-corrected chi connectivity index (χ0v) is 12.6. The van der Waals surface area contributed by atoms with Gasteiger partial charge in [0.25, 0.3) is 0 Å². The van der Waals surface area contributed by atoms with E-state index in [9.17, 15) is 9.59 Å². The third-order valence-electron chi connectivity index (χ3n) is 3.24. The van der Waals surface area contributed by atoms with Gasteiger partial charge in [0.15, 0.2) is 0 Å². The van der Waals surface area contributed by atoms with E-state index in [4.69, 9.17) is 5.11 Å². The summed E-state index contributed by atoms with van der Waals surface area (Å²) in [7, 11) is 0. The predicted octanol–water partition coefficient (Wildman–Crippen LogP) is 0.869. The Bertz CT molecular complexity index is 446. The number of carbonyl (C=O) groups excluding carboxylic acids is 2. The summed E-state index contributed by atoms with van der Waals surface area (Å²) in [5, 5.41) is 14.4. The normalized spacial score (nSPS) is 12.0. The molecular formula is C16H24N2O3. The van der Waals surface area contributed by atoms with Crippen LogP contribution in [-0.4, -0.2) is 36.1 Å². The molecule has 0 radical (unpaired) electrons. The van der Waals surface area contributed by atoms with E-state index in [1.807, 2.05) is 44.2 Å². The number of hydrogen-bond acceptors (Lipinski definition) is 3. The number of carbonyl (C=O) groups is 2. The first-order valence-corrected chi connectivity index (χ1v) is 7.23. The van der Waals surface area contributed by atoms with Crippen LogP contribution in [0.5, 0.6) is 0 Å². The van der Waals surface area contributed by atoms with Crippen molar-refractivity contribution in [2.75, 3.05) is 13.2 Å². The molecule has 5 nitrogen and oxygen atoms in total. The molecule has 1 atom stereocenters. The minimum absolute atomic E-state index is 0.0312. The molecule has 0 heterocycles. The van der Waals surface area contributed by atoms with Gasteiger partial charge in [-0.25, -0.2) is 0 Å². The molecular weight excluding hydrogens is 268 g/mol. The number of nitrogens with one attached hydrogen (secondary N) is 2. The van der Waals surface area contributed by atoms with E-state index in [2.05, 4.69) is 10.6 Å². The van der Waals surface area contributed by atoms with Gasteiger partial charge in [-0.2, -0.15) is 0 Å². The maximum absolute atomic E-state index is 11.8. The molecule has 5 heteroatoms. The molecule has 0 aliphatic rings. The monoisotopic (exact) mass is 292 g/mol. The van der Waals surface area contributed by atoms with Crippen molar-refractivity contribution in [3.8, 4) is 0 Å². The Hall–Kier alpha value is -1.88. The van der Waals surface area contributed by atoms with Crippen molar-refractivity contribution >= 4 is 11.8 Å². The van der Waals surface area contributed by atoms with Crippen LogP contribution in [0.4, 0.5) is 0 Å². The summed E-state index contributed by atoms with van der Waals surface area (Å²) in [6, 6.07) is 9.30. The van der Waals surface area contributed by atoms with Crippen molar-refractivity contribution in [1.29, 1.82) is 0 Å². The lowest BCUT2D eigenvalue weighted by molar-refractivity contribution is -0.126. The quantitative estimate of drug-likeness (QED) is 0.665. The molecule has 0 saturated heterocycles. The van der Waals surface area contributed by atoms with E-state index in [0.717, 1.165) is 5.56 Å². The number of aliphatic hydroxyl groups excluding tert-OH is 1. The first-order chi connectivity index (χ1) is 10.0. The van der Waals surface area contributed by atoms with Gasteiger partial charge in [0, 0.05) is 12.6 Å². The van der Waals surface area contributed by atoms with Gasteiger partial charge in [-0.15, -0.1) is 0 Å². The van der Waals surface area contributed by atoms with Crippen LogP contribution in [0.1, 0.15) is 25.8 Å². The second kappa shape index (κ2) is 9.13. The number of hydrogen-bond donors (Lipinski definition) is 3. The van der Waals surface area contributed by atoms with Gasteiger partial charge in [-0.1, -0.05) is 44.2 Å². The molecule has 0 saturated carbocycles. The average molecular weight is 292 g/mol. The van der Waals surface area contributed by atoms with Crippen LogP contribution in [-0.2, 0) is 16.0 Å². The number of amides is 2. The summed E-state index contributed by atoms with van der Waals surface area (Å²) in [5.41, 5.74) is 0.913. The third-order valence-corrected chi connectivity index (χ3v) is 3.24. The fourth-order valence-electron chi connectivity index (χ4n) is 1.99. The van der Waals surface area contributed by atoms with E-state index in [1.165, 1.54) is 0 Å².